The maximum atomic E-state index is 11.9. The van der Waals surface area contributed by atoms with E-state index in [1.165, 1.54) is 11.8 Å². The number of hydrogen-bond donors (Lipinski definition) is 2. The van der Waals surface area contributed by atoms with Crippen LogP contribution in [0.4, 0.5) is 5.82 Å². The molecule has 0 aliphatic rings. The Labute approximate surface area is 143 Å². The van der Waals surface area contributed by atoms with Crippen molar-refractivity contribution in [1.29, 1.82) is 0 Å². The third-order valence-corrected chi connectivity index (χ3v) is 4.22. The summed E-state index contributed by atoms with van der Waals surface area (Å²) in [6, 6.07) is 7.82. The molecule has 3 aromatic rings. The third-order valence-electron chi connectivity index (χ3n) is 3.35. The normalized spacial score (nSPS) is 10.9. The molecule has 0 aliphatic carbocycles. The van der Waals surface area contributed by atoms with Gasteiger partial charge in [-0.3, -0.25) is 0 Å². The number of aromatic amines is 1. The van der Waals surface area contributed by atoms with Crippen LogP contribution in [0.5, 0.6) is 0 Å². The van der Waals surface area contributed by atoms with E-state index in [-0.39, 0.29) is 18.0 Å². The summed E-state index contributed by atoms with van der Waals surface area (Å²) in [6.45, 7) is 3.74. The van der Waals surface area contributed by atoms with E-state index >= 15 is 0 Å². The van der Waals surface area contributed by atoms with Gasteiger partial charge in [-0.15, -0.1) is 0 Å². The van der Waals surface area contributed by atoms with Gasteiger partial charge >= 0.3 is 5.97 Å². The molecule has 0 unspecified atom stereocenters. The molecule has 1 aromatic carbocycles. The van der Waals surface area contributed by atoms with Crippen LogP contribution >= 0.6 is 11.8 Å². The minimum absolute atomic E-state index is 0.140. The maximum absolute atomic E-state index is 11.9. The Morgan fingerprint density at radius 1 is 1.29 bits per heavy atom. The molecule has 0 bridgehead atoms. The second-order valence-corrected chi connectivity index (χ2v) is 6.02. The molecule has 0 radical (unpaired) electrons. The first-order chi connectivity index (χ1) is 11.6. The van der Waals surface area contributed by atoms with E-state index < -0.39 is 5.97 Å². The van der Waals surface area contributed by atoms with Crippen LogP contribution in [0.3, 0.4) is 0 Å². The lowest BCUT2D eigenvalue weighted by atomic mass is 10.2. The number of anilines is 1. The summed E-state index contributed by atoms with van der Waals surface area (Å²) in [5.41, 5.74) is 8.54. The number of H-pyrrole nitrogens is 1. The summed E-state index contributed by atoms with van der Waals surface area (Å²) in [7, 11) is 0. The van der Waals surface area contributed by atoms with Crippen LogP contribution in [0.15, 0.2) is 29.4 Å². The number of benzene rings is 1. The van der Waals surface area contributed by atoms with E-state index in [0.29, 0.717) is 17.3 Å². The van der Waals surface area contributed by atoms with Crippen molar-refractivity contribution < 1.29 is 9.53 Å². The SMILES string of the molecule is CCOC(=O)c1c(C)nc(CSc2nc3ccccc3[nH]2)nc1N. The molecule has 0 atom stereocenters. The fraction of sp³-hybridized carbons (Fsp3) is 0.250. The lowest BCUT2D eigenvalue weighted by Crippen LogP contribution is -2.14. The lowest BCUT2D eigenvalue weighted by Gasteiger charge is -2.09. The number of nitrogens with two attached hydrogens (primary N) is 1. The zero-order valence-electron chi connectivity index (χ0n) is 13.4. The Kier molecular flexibility index (Phi) is 4.66. The molecule has 0 saturated heterocycles. The van der Waals surface area contributed by atoms with E-state index in [9.17, 15) is 4.79 Å². The van der Waals surface area contributed by atoms with Gasteiger partial charge in [-0.2, -0.15) is 0 Å². The van der Waals surface area contributed by atoms with Crippen LogP contribution in [0.2, 0.25) is 0 Å². The number of imidazole rings is 1. The fourth-order valence-electron chi connectivity index (χ4n) is 2.31. The number of esters is 1. The molecule has 0 amide bonds. The lowest BCUT2D eigenvalue weighted by molar-refractivity contribution is 0.0526. The Bertz CT molecular complexity index is 837. The number of aromatic nitrogens is 4. The molecule has 3 N–H and O–H groups in total. The number of fused-ring (bicyclic) bond motifs is 1. The Morgan fingerprint density at radius 3 is 2.79 bits per heavy atom. The summed E-state index contributed by atoms with van der Waals surface area (Å²) < 4.78 is 4.97. The molecule has 7 nitrogen and oxygen atoms in total. The quantitative estimate of drug-likeness (QED) is 0.542. The van der Waals surface area contributed by atoms with Gasteiger partial charge < -0.3 is 15.5 Å². The highest BCUT2D eigenvalue weighted by atomic mass is 32.2. The molecule has 0 spiro atoms. The van der Waals surface area contributed by atoms with Crippen LogP contribution in [0.1, 0.15) is 28.8 Å². The van der Waals surface area contributed by atoms with Crippen molar-refractivity contribution in [3.63, 3.8) is 0 Å². The van der Waals surface area contributed by atoms with Gasteiger partial charge in [0, 0.05) is 0 Å². The van der Waals surface area contributed by atoms with Gasteiger partial charge in [-0.25, -0.2) is 19.7 Å². The zero-order valence-corrected chi connectivity index (χ0v) is 14.2. The number of nitrogens with one attached hydrogen (secondary N) is 1. The third kappa shape index (κ3) is 3.33. The Hall–Kier alpha value is -2.61. The zero-order chi connectivity index (χ0) is 17.1. The first kappa shape index (κ1) is 16.3. The minimum Gasteiger partial charge on any atom is -0.462 e. The number of hydrogen-bond acceptors (Lipinski definition) is 7. The van der Waals surface area contributed by atoms with Crippen LogP contribution in [0, 0.1) is 6.92 Å². The molecular formula is C16H17N5O2S. The predicted molar refractivity (Wildman–Crippen MR) is 92.8 cm³/mol. The van der Waals surface area contributed by atoms with Crippen LogP contribution in [0.25, 0.3) is 11.0 Å². The van der Waals surface area contributed by atoms with Gasteiger partial charge in [-0.05, 0) is 26.0 Å². The summed E-state index contributed by atoms with van der Waals surface area (Å²) >= 11 is 1.48. The largest absolute Gasteiger partial charge is 0.462 e. The number of nitrogens with zero attached hydrogens (tertiary/aromatic N) is 3. The number of nitrogen functional groups attached to an aromatic ring is 1. The maximum Gasteiger partial charge on any atom is 0.343 e. The molecule has 8 heteroatoms. The van der Waals surface area contributed by atoms with E-state index in [1.54, 1.807) is 13.8 Å². The molecule has 124 valence electrons. The summed E-state index contributed by atoms with van der Waals surface area (Å²) in [5.74, 6) is 0.683. The monoisotopic (exact) mass is 343 g/mol. The number of para-hydroxylation sites is 2. The minimum atomic E-state index is -0.496. The van der Waals surface area contributed by atoms with Crippen LogP contribution in [-0.4, -0.2) is 32.5 Å². The fourth-order valence-corrected chi connectivity index (χ4v) is 3.05. The summed E-state index contributed by atoms with van der Waals surface area (Å²) in [5, 5.41) is 0.783. The average molecular weight is 343 g/mol. The topological polar surface area (TPSA) is 107 Å². The molecule has 2 aromatic heterocycles. The predicted octanol–water partition coefficient (Wildman–Crippen LogP) is 2.71. The first-order valence-corrected chi connectivity index (χ1v) is 8.44. The molecule has 0 fully saturated rings. The molecule has 3 rings (SSSR count). The molecule has 24 heavy (non-hydrogen) atoms. The van der Waals surface area contributed by atoms with Crippen molar-refractivity contribution in [2.24, 2.45) is 0 Å². The second kappa shape index (κ2) is 6.88. The standard InChI is InChI=1S/C16H17N5O2S/c1-3-23-15(22)13-9(2)18-12(21-14(13)17)8-24-16-19-10-6-4-5-7-11(10)20-16/h4-7H,3,8H2,1-2H3,(H,19,20)(H2,17,18,21). The smallest absolute Gasteiger partial charge is 0.343 e. The highest BCUT2D eigenvalue weighted by molar-refractivity contribution is 7.98. The molecule has 0 aliphatic heterocycles. The number of carbonyl (C=O) groups excluding carboxylic acids is 1. The van der Waals surface area contributed by atoms with E-state index in [4.69, 9.17) is 10.5 Å². The number of carbonyl (C=O) groups is 1. The van der Waals surface area contributed by atoms with Crippen molar-refractivity contribution in [3.05, 3.63) is 41.3 Å². The van der Waals surface area contributed by atoms with Crippen molar-refractivity contribution in [3.8, 4) is 0 Å². The van der Waals surface area contributed by atoms with Crippen LogP contribution < -0.4 is 5.73 Å². The summed E-state index contributed by atoms with van der Waals surface area (Å²) in [4.78, 5) is 28.2. The summed E-state index contributed by atoms with van der Waals surface area (Å²) in [6.07, 6.45) is 0. The van der Waals surface area contributed by atoms with Crippen molar-refractivity contribution >= 4 is 34.6 Å². The Balaban J connectivity index is 1.77. The van der Waals surface area contributed by atoms with E-state index in [2.05, 4.69) is 19.9 Å². The van der Waals surface area contributed by atoms with Crippen molar-refractivity contribution in [2.45, 2.75) is 24.8 Å². The van der Waals surface area contributed by atoms with Crippen LogP contribution in [-0.2, 0) is 10.5 Å². The average Bonchev–Trinajstić information content (AvgIpc) is 2.95. The molecule has 0 saturated carbocycles. The van der Waals surface area contributed by atoms with Crippen molar-refractivity contribution in [1.82, 2.24) is 19.9 Å². The van der Waals surface area contributed by atoms with Gasteiger partial charge in [0.2, 0.25) is 0 Å². The number of ether oxygens (including phenoxy) is 1. The van der Waals surface area contributed by atoms with Gasteiger partial charge in [0.1, 0.15) is 17.2 Å². The number of rotatable bonds is 5. The van der Waals surface area contributed by atoms with E-state index in [0.717, 1.165) is 16.2 Å². The number of thioether (sulfide) groups is 1. The highest BCUT2D eigenvalue weighted by Gasteiger charge is 2.18. The number of aryl methyl sites for hydroxylation is 1. The van der Waals surface area contributed by atoms with Gasteiger partial charge in [0.25, 0.3) is 0 Å². The van der Waals surface area contributed by atoms with Crippen molar-refractivity contribution in [2.75, 3.05) is 12.3 Å². The second-order valence-electron chi connectivity index (χ2n) is 5.05. The molecule has 2 heterocycles. The van der Waals surface area contributed by atoms with Gasteiger partial charge in [0.15, 0.2) is 5.16 Å². The van der Waals surface area contributed by atoms with E-state index in [1.807, 2.05) is 24.3 Å². The molecular weight excluding hydrogens is 326 g/mol. The highest BCUT2D eigenvalue weighted by Crippen LogP contribution is 2.23. The Morgan fingerprint density at radius 2 is 2.08 bits per heavy atom. The first-order valence-electron chi connectivity index (χ1n) is 7.46. The van der Waals surface area contributed by atoms with Gasteiger partial charge in [0.05, 0.1) is 29.1 Å². The van der Waals surface area contributed by atoms with Gasteiger partial charge in [-0.1, -0.05) is 23.9 Å².